The summed E-state index contributed by atoms with van der Waals surface area (Å²) in [6.45, 7) is 2.53. The molecule has 0 radical (unpaired) electrons. The van der Waals surface area contributed by atoms with E-state index in [-0.39, 0.29) is 12.5 Å². The second-order valence-corrected chi connectivity index (χ2v) is 5.34. The Labute approximate surface area is 119 Å². The fourth-order valence-electron chi connectivity index (χ4n) is 2.61. The maximum atomic E-state index is 10.9. The lowest BCUT2D eigenvalue weighted by Gasteiger charge is -2.41. The quantitative estimate of drug-likeness (QED) is 0.777. The lowest BCUT2D eigenvalue weighted by atomic mass is 9.93. The molecule has 20 heavy (non-hydrogen) atoms. The number of carbonyl (C=O) groups is 1. The molecule has 1 aromatic carbocycles. The van der Waals surface area contributed by atoms with Gasteiger partial charge >= 0.3 is 0 Å². The highest BCUT2D eigenvalue weighted by atomic mass is 16.5. The number of carbonyl (C=O) groups excluding carboxylic acids is 1. The maximum Gasteiger partial charge on any atom is 0.218 e. The van der Waals surface area contributed by atoms with Gasteiger partial charge in [0.25, 0.3) is 0 Å². The molecule has 1 fully saturated rings. The first-order valence-electron chi connectivity index (χ1n) is 6.93. The van der Waals surface area contributed by atoms with E-state index >= 15 is 0 Å². The molecule has 0 unspecified atom stereocenters. The Balaban J connectivity index is 2.00. The van der Waals surface area contributed by atoms with E-state index in [0.717, 1.165) is 12.1 Å². The van der Waals surface area contributed by atoms with Gasteiger partial charge in [0.1, 0.15) is 5.60 Å². The number of nitrogens with zero attached hydrogens (tertiary/aromatic N) is 1. The Morgan fingerprint density at radius 3 is 2.80 bits per heavy atom. The van der Waals surface area contributed by atoms with Crippen LogP contribution >= 0.6 is 0 Å². The molecule has 0 spiro atoms. The van der Waals surface area contributed by atoms with Crippen molar-refractivity contribution in [3.63, 3.8) is 0 Å². The number of morpholine rings is 1. The molecule has 1 heterocycles. The Hall–Kier alpha value is -1.43. The van der Waals surface area contributed by atoms with Crippen LogP contribution in [0.1, 0.15) is 12.0 Å². The van der Waals surface area contributed by atoms with Crippen molar-refractivity contribution in [3.8, 4) is 0 Å². The number of aliphatic hydroxyl groups is 1. The summed E-state index contributed by atoms with van der Waals surface area (Å²) in [6, 6.07) is 9.99. The zero-order valence-corrected chi connectivity index (χ0v) is 11.6. The Bertz CT molecular complexity index is 438. The molecule has 0 saturated carbocycles. The molecule has 2 rings (SSSR count). The van der Waals surface area contributed by atoms with Crippen LogP contribution in [0.15, 0.2) is 30.3 Å². The monoisotopic (exact) mass is 278 g/mol. The number of benzene rings is 1. The second-order valence-electron chi connectivity index (χ2n) is 5.34. The van der Waals surface area contributed by atoms with Crippen LogP contribution in [0.2, 0.25) is 0 Å². The van der Waals surface area contributed by atoms with Gasteiger partial charge in [-0.05, 0) is 5.56 Å². The van der Waals surface area contributed by atoms with E-state index in [1.807, 2.05) is 30.3 Å². The molecule has 0 bridgehead atoms. The molecule has 5 nitrogen and oxygen atoms in total. The van der Waals surface area contributed by atoms with Gasteiger partial charge in [-0.15, -0.1) is 0 Å². The van der Waals surface area contributed by atoms with Crippen molar-refractivity contribution in [2.24, 2.45) is 5.73 Å². The summed E-state index contributed by atoms with van der Waals surface area (Å²) >= 11 is 0. The van der Waals surface area contributed by atoms with Crippen molar-refractivity contribution in [2.45, 2.75) is 18.4 Å². The first kappa shape index (κ1) is 15.0. The summed E-state index contributed by atoms with van der Waals surface area (Å²) in [5.74, 6) is -0.297. The van der Waals surface area contributed by atoms with Gasteiger partial charge in [-0.3, -0.25) is 9.69 Å². The lowest BCUT2D eigenvalue weighted by molar-refractivity contribution is -0.134. The second kappa shape index (κ2) is 6.83. The highest BCUT2D eigenvalue weighted by Gasteiger charge is 2.36. The molecule has 1 saturated heterocycles. The minimum atomic E-state index is -0.586. The zero-order valence-electron chi connectivity index (χ0n) is 11.6. The van der Waals surface area contributed by atoms with Crippen molar-refractivity contribution < 1.29 is 14.6 Å². The Morgan fingerprint density at radius 2 is 2.15 bits per heavy atom. The summed E-state index contributed by atoms with van der Waals surface area (Å²) < 4.78 is 5.85. The molecule has 110 valence electrons. The number of amides is 1. The van der Waals surface area contributed by atoms with Crippen molar-refractivity contribution in [3.05, 3.63) is 35.9 Å². The summed E-state index contributed by atoms with van der Waals surface area (Å²) in [5, 5.41) is 9.75. The molecule has 1 aliphatic heterocycles. The predicted molar refractivity (Wildman–Crippen MR) is 76.2 cm³/mol. The molecule has 0 aromatic heterocycles. The molecule has 1 atom stereocenters. The van der Waals surface area contributed by atoms with E-state index in [1.165, 1.54) is 0 Å². The van der Waals surface area contributed by atoms with Crippen LogP contribution in [0.5, 0.6) is 0 Å². The van der Waals surface area contributed by atoms with Gasteiger partial charge in [0.05, 0.1) is 13.2 Å². The Morgan fingerprint density at radius 1 is 1.40 bits per heavy atom. The first-order chi connectivity index (χ1) is 9.63. The van der Waals surface area contributed by atoms with Crippen molar-refractivity contribution in [1.29, 1.82) is 0 Å². The van der Waals surface area contributed by atoms with Crippen LogP contribution in [0.4, 0.5) is 0 Å². The fraction of sp³-hybridized carbons (Fsp3) is 0.533. The molecular formula is C15H22N2O3. The third-order valence-corrected chi connectivity index (χ3v) is 3.66. The zero-order chi connectivity index (χ0) is 14.4. The minimum absolute atomic E-state index is 0.0328. The van der Waals surface area contributed by atoms with Gasteiger partial charge in [0.15, 0.2) is 0 Å². The van der Waals surface area contributed by atoms with Crippen molar-refractivity contribution in [2.75, 3.05) is 32.8 Å². The maximum absolute atomic E-state index is 10.9. The third-order valence-electron chi connectivity index (χ3n) is 3.66. The molecule has 0 aliphatic carbocycles. The number of nitrogens with two attached hydrogens (primary N) is 1. The highest BCUT2D eigenvalue weighted by Crippen LogP contribution is 2.23. The van der Waals surface area contributed by atoms with E-state index in [9.17, 15) is 9.90 Å². The van der Waals surface area contributed by atoms with Crippen LogP contribution in [0.25, 0.3) is 0 Å². The molecule has 1 aliphatic rings. The van der Waals surface area contributed by atoms with E-state index < -0.39 is 5.60 Å². The van der Waals surface area contributed by atoms with Gasteiger partial charge < -0.3 is 15.6 Å². The SMILES string of the molecule is NC(=O)CCN1CCO[C@](CO)(Cc2ccccc2)C1. The van der Waals surface area contributed by atoms with Crippen LogP contribution in [-0.2, 0) is 16.0 Å². The topological polar surface area (TPSA) is 75.8 Å². The Kier molecular flexibility index (Phi) is 5.11. The van der Waals surface area contributed by atoms with Crippen LogP contribution in [0, 0.1) is 0 Å². The number of hydrogen-bond acceptors (Lipinski definition) is 4. The summed E-state index contributed by atoms with van der Waals surface area (Å²) in [4.78, 5) is 13.0. The molecule has 1 amide bonds. The highest BCUT2D eigenvalue weighted by molar-refractivity contribution is 5.73. The van der Waals surface area contributed by atoms with E-state index in [2.05, 4.69) is 4.90 Å². The summed E-state index contributed by atoms with van der Waals surface area (Å²) in [5.41, 5.74) is 5.74. The summed E-state index contributed by atoms with van der Waals surface area (Å²) in [6.07, 6.45) is 1.00. The normalized spacial score (nSPS) is 23.6. The molecule has 3 N–H and O–H groups in total. The molecule has 1 aromatic rings. The van der Waals surface area contributed by atoms with E-state index in [1.54, 1.807) is 0 Å². The van der Waals surface area contributed by atoms with Gasteiger partial charge in [-0.25, -0.2) is 0 Å². The number of rotatable bonds is 6. The first-order valence-corrected chi connectivity index (χ1v) is 6.93. The average molecular weight is 278 g/mol. The smallest absolute Gasteiger partial charge is 0.218 e. The van der Waals surface area contributed by atoms with Crippen molar-refractivity contribution in [1.82, 2.24) is 4.90 Å². The number of hydrogen-bond donors (Lipinski definition) is 2. The number of ether oxygens (including phenoxy) is 1. The largest absolute Gasteiger partial charge is 0.393 e. The van der Waals surface area contributed by atoms with Crippen LogP contribution < -0.4 is 5.73 Å². The van der Waals surface area contributed by atoms with Gasteiger partial charge in [0, 0.05) is 32.5 Å². The third kappa shape index (κ3) is 4.03. The molecule has 5 heteroatoms. The van der Waals surface area contributed by atoms with Gasteiger partial charge in [0.2, 0.25) is 5.91 Å². The van der Waals surface area contributed by atoms with Crippen LogP contribution in [0.3, 0.4) is 0 Å². The van der Waals surface area contributed by atoms with E-state index in [0.29, 0.717) is 32.5 Å². The lowest BCUT2D eigenvalue weighted by Crippen LogP contribution is -2.55. The van der Waals surface area contributed by atoms with Gasteiger partial charge in [-0.1, -0.05) is 30.3 Å². The van der Waals surface area contributed by atoms with E-state index in [4.69, 9.17) is 10.5 Å². The number of primary amides is 1. The minimum Gasteiger partial charge on any atom is -0.393 e. The van der Waals surface area contributed by atoms with Gasteiger partial charge in [-0.2, -0.15) is 0 Å². The van der Waals surface area contributed by atoms with Crippen molar-refractivity contribution >= 4 is 5.91 Å². The standard InChI is InChI=1S/C15H22N2O3/c16-14(19)6-7-17-8-9-20-15(11-17,12-18)10-13-4-2-1-3-5-13/h1-5,18H,6-12H2,(H2,16,19)/t15-/m1/s1. The van der Waals surface area contributed by atoms with Crippen LogP contribution in [-0.4, -0.2) is 54.4 Å². The predicted octanol–water partition coefficient (Wildman–Crippen LogP) is 0.168. The average Bonchev–Trinajstić information content (AvgIpc) is 2.46. The summed E-state index contributed by atoms with van der Waals surface area (Å²) in [7, 11) is 0. The number of aliphatic hydroxyl groups excluding tert-OH is 1. The fourth-order valence-corrected chi connectivity index (χ4v) is 2.61. The molecular weight excluding hydrogens is 256 g/mol.